The Bertz CT molecular complexity index is 539. The van der Waals surface area contributed by atoms with Crippen LogP contribution in [0.15, 0.2) is 52.9 Å². The molecule has 106 valence electrons. The molecule has 0 aromatic heterocycles. The minimum atomic E-state index is 0.0124. The molecule has 0 heterocycles. The summed E-state index contributed by atoms with van der Waals surface area (Å²) in [5.74, 6) is 0.658. The first-order valence-electron chi connectivity index (χ1n) is 6.33. The molecule has 0 fully saturated rings. The minimum absolute atomic E-state index is 0.0124. The van der Waals surface area contributed by atoms with Gasteiger partial charge in [0.2, 0.25) is 0 Å². The van der Waals surface area contributed by atoms with Crippen molar-refractivity contribution in [3.8, 4) is 0 Å². The van der Waals surface area contributed by atoms with E-state index in [1.165, 1.54) is 28.4 Å². The molecule has 0 radical (unpaired) electrons. The van der Waals surface area contributed by atoms with E-state index in [0.717, 1.165) is 5.56 Å². The molecule has 0 atom stereocenters. The third-order valence-corrected chi connectivity index (χ3v) is 2.72. The second-order valence-corrected chi connectivity index (χ2v) is 4.60. The number of hydrogen-bond acceptors (Lipinski definition) is 3. The highest BCUT2D eigenvalue weighted by atomic mass is 16.3. The fourth-order valence-electron chi connectivity index (χ4n) is 1.85. The summed E-state index contributed by atoms with van der Waals surface area (Å²) >= 11 is 0. The average molecular weight is 271 g/mol. The SMILES string of the molecule is C=C/C(O)=C\N(N=C)C(C)=NCc1cc(C)cc(C)c1. The van der Waals surface area contributed by atoms with Crippen molar-refractivity contribution in [2.45, 2.75) is 27.3 Å². The fraction of sp³-hybridized carbons (Fsp3) is 0.250. The zero-order chi connectivity index (χ0) is 15.1. The maximum Gasteiger partial charge on any atom is 0.133 e. The highest BCUT2D eigenvalue weighted by Gasteiger charge is 2.02. The summed E-state index contributed by atoms with van der Waals surface area (Å²) in [5, 5.41) is 14.6. The molecule has 0 bridgehead atoms. The van der Waals surface area contributed by atoms with E-state index < -0.39 is 0 Å². The topological polar surface area (TPSA) is 48.2 Å². The van der Waals surface area contributed by atoms with Crippen LogP contribution in [0, 0.1) is 13.8 Å². The molecule has 1 N–H and O–H groups in total. The Balaban J connectivity index is 2.87. The van der Waals surface area contributed by atoms with Gasteiger partial charge in [0.05, 0.1) is 12.7 Å². The number of hydrogen-bond donors (Lipinski definition) is 1. The molecular formula is C16H21N3O. The highest BCUT2D eigenvalue weighted by molar-refractivity contribution is 5.80. The monoisotopic (exact) mass is 271 g/mol. The Morgan fingerprint density at radius 3 is 2.40 bits per heavy atom. The first kappa shape index (κ1) is 15.7. The molecule has 20 heavy (non-hydrogen) atoms. The highest BCUT2D eigenvalue weighted by Crippen LogP contribution is 2.10. The summed E-state index contributed by atoms with van der Waals surface area (Å²) < 4.78 is 0. The number of aliphatic hydroxyl groups is 1. The second kappa shape index (κ2) is 7.28. The van der Waals surface area contributed by atoms with Crippen LogP contribution in [0.5, 0.6) is 0 Å². The van der Waals surface area contributed by atoms with Crippen LogP contribution >= 0.6 is 0 Å². The molecule has 1 rings (SSSR count). The number of aryl methyl sites for hydroxylation is 2. The van der Waals surface area contributed by atoms with Crippen LogP contribution in [0.2, 0.25) is 0 Å². The average Bonchev–Trinajstić information content (AvgIpc) is 2.40. The molecule has 4 heteroatoms. The van der Waals surface area contributed by atoms with Gasteiger partial charge >= 0.3 is 0 Å². The third kappa shape index (κ3) is 4.72. The van der Waals surface area contributed by atoms with Crippen molar-refractivity contribution in [2.75, 3.05) is 0 Å². The standard InChI is InChI=1S/C16H21N3O/c1-6-16(20)11-19(17-5)14(4)18-10-15-8-12(2)7-13(3)9-15/h6-9,11,20H,1,5,10H2,2-4H3/b16-11+,18-14?. The summed E-state index contributed by atoms with van der Waals surface area (Å²) in [6, 6.07) is 6.33. The van der Waals surface area contributed by atoms with Gasteiger partial charge < -0.3 is 5.11 Å². The minimum Gasteiger partial charge on any atom is -0.506 e. The molecule has 1 aromatic rings. The largest absolute Gasteiger partial charge is 0.506 e. The maximum atomic E-state index is 9.42. The lowest BCUT2D eigenvalue weighted by atomic mass is 10.1. The first-order chi connectivity index (χ1) is 9.46. The van der Waals surface area contributed by atoms with E-state index in [4.69, 9.17) is 0 Å². The summed E-state index contributed by atoms with van der Waals surface area (Å²) in [4.78, 5) is 4.45. The van der Waals surface area contributed by atoms with Crippen LogP contribution < -0.4 is 0 Å². The predicted octanol–water partition coefficient (Wildman–Crippen LogP) is 3.72. The summed E-state index contributed by atoms with van der Waals surface area (Å²) in [6.45, 7) is 13.4. The van der Waals surface area contributed by atoms with Crippen molar-refractivity contribution in [1.29, 1.82) is 0 Å². The van der Waals surface area contributed by atoms with Crippen LogP contribution in [0.3, 0.4) is 0 Å². The number of allylic oxidation sites excluding steroid dienone is 1. The summed E-state index contributed by atoms with van der Waals surface area (Å²) in [5.41, 5.74) is 3.58. The lowest BCUT2D eigenvalue weighted by Crippen LogP contribution is -2.17. The number of benzene rings is 1. The zero-order valence-corrected chi connectivity index (χ0v) is 12.3. The van der Waals surface area contributed by atoms with Gasteiger partial charge in [-0.3, -0.25) is 4.99 Å². The molecule has 0 saturated heterocycles. The fourth-order valence-corrected chi connectivity index (χ4v) is 1.85. The molecule has 0 saturated carbocycles. The van der Waals surface area contributed by atoms with Gasteiger partial charge in [0.1, 0.15) is 11.6 Å². The van der Waals surface area contributed by atoms with Crippen molar-refractivity contribution in [3.63, 3.8) is 0 Å². The summed E-state index contributed by atoms with van der Waals surface area (Å²) in [6.07, 6.45) is 2.75. The van der Waals surface area contributed by atoms with E-state index in [1.54, 1.807) is 0 Å². The molecular weight excluding hydrogens is 250 g/mol. The number of nitrogens with zero attached hydrogens (tertiary/aromatic N) is 3. The number of amidine groups is 1. The molecule has 0 aliphatic rings. The molecule has 0 aliphatic heterocycles. The van der Waals surface area contributed by atoms with Crippen LogP contribution in [0.1, 0.15) is 23.6 Å². The van der Waals surface area contributed by atoms with Gasteiger partial charge in [-0.05, 0) is 32.4 Å². The lowest BCUT2D eigenvalue weighted by molar-refractivity contribution is 0.413. The smallest absolute Gasteiger partial charge is 0.133 e. The molecule has 0 spiro atoms. The van der Waals surface area contributed by atoms with E-state index in [1.807, 2.05) is 6.92 Å². The Labute approximate surface area is 120 Å². The van der Waals surface area contributed by atoms with Crippen molar-refractivity contribution < 1.29 is 5.11 Å². The lowest BCUT2D eigenvalue weighted by Gasteiger charge is -2.13. The van der Waals surface area contributed by atoms with Gasteiger partial charge in [0.25, 0.3) is 0 Å². The third-order valence-electron chi connectivity index (χ3n) is 2.72. The van der Waals surface area contributed by atoms with Gasteiger partial charge in [0.15, 0.2) is 0 Å². The van der Waals surface area contributed by atoms with Gasteiger partial charge in [-0.1, -0.05) is 35.9 Å². The number of hydrazone groups is 1. The number of rotatable bonds is 5. The van der Waals surface area contributed by atoms with Crippen molar-refractivity contribution in [3.05, 3.63) is 59.5 Å². The van der Waals surface area contributed by atoms with Crippen LogP contribution in [0.4, 0.5) is 0 Å². The quantitative estimate of drug-likeness (QED) is 0.292. The molecule has 0 unspecified atom stereocenters. The van der Waals surface area contributed by atoms with Crippen LogP contribution in [-0.4, -0.2) is 22.7 Å². The van der Waals surface area contributed by atoms with Crippen molar-refractivity contribution >= 4 is 12.6 Å². The second-order valence-electron chi connectivity index (χ2n) is 4.60. The molecule has 0 aliphatic carbocycles. The van der Waals surface area contributed by atoms with Crippen molar-refractivity contribution in [2.24, 2.45) is 10.1 Å². The predicted molar refractivity (Wildman–Crippen MR) is 85.0 cm³/mol. The Kier molecular flexibility index (Phi) is 5.72. The van der Waals surface area contributed by atoms with E-state index in [-0.39, 0.29) is 5.76 Å². The van der Waals surface area contributed by atoms with E-state index in [2.05, 4.69) is 55.4 Å². The van der Waals surface area contributed by atoms with Gasteiger partial charge in [-0.2, -0.15) is 5.10 Å². The molecule has 1 aromatic carbocycles. The van der Waals surface area contributed by atoms with E-state index in [0.29, 0.717) is 12.4 Å². The Morgan fingerprint density at radius 1 is 1.30 bits per heavy atom. The normalized spacial score (nSPS) is 12.2. The van der Waals surface area contributed by atoms with E-state index in [9.17, 15) is 5.11 Å². The number of aliphatic hydroxyl groups excluding tert-OH is 1. The van der Waals surface area contributed by atoms with Gasteiger partial charge in [-0.15, -0.1) is 0 Å². The first-order valence-corrected chi connectivity index (χ1v) is 6.33. The van der Waals surface area contributed by atoms with E-state index >= 15 is 0 Å². The number of aliphatic imine (C=N–C) groups is 1. The maximum absolute atomic E-state index is 9.42. The van der Waals surface area contributed by atoms with Crippen LogP contribution in [0.25, 0.3) is 0 Å². The Morgan fingerprint density at radius 2 is 1.90 bits per heavy atom. The van der Waals surface area contributed by atoms with Crippen LogP contribution in [-0.2, 0) is 6.54 Å². The van der Waals surface area contributed by atoms with Crippen molar-refractivity contribution in [1.82, 2.24) is 5.01 Å². The van der Waals surface area contributed by atoms with Gasteiger partial charge in [0, 0.05) is 6.72 Å². The Hall–Kier alpha value is -2.36. The van der Waals surface area contributed by atoms with Gasteiger partial charge in [-0.25, -0.2) is 5.01 Å². The molecule has 4 nitrogen and oxygen atoms in total. The summed E-state index contributed by atoms with van der Waals surface area (Å²) in [7, 11) is 0. The molecule has 0 amide bonds. The zero-order valence-electron chi connectivity index (χ0n) is 12.3.